The van der Waals surface area contributed by atoms with Crippen molar-refractivity contribution in [1.29, 1.82) is 0 Å². The number of nitrogens with one attached hydrogen (secondary N) is 1. The van der Waals surface area contributed by atoms with Crippen molar-refractivity contribution < 1.29 is 14.9 Å². The number of aliphatic hydroxyl groups is 2. The molecule has 0 radical (unpaired) electrons. The molecule has 2 heterocycles. The number of aromatic nitrogens is 2. The summed E-state index contributed by atoms with van der Waals surface area (Å²) in [4.78, 5) is 13.7. The first-order chi connectivity index (χ1) is 6.72. The van der Waals surface area contributed by atoms with Crippen molar-refractivity contribution in [2.75, 3.05) is 6.61 Å². The molecule has 3 N–H and O–H groups in total. The number of nitrogens with zero attached hydrogens (tertiary/aromatic N) is 1. The Kier molecular flexibility index (Phi) is 2.40. The second kappa shape index (κ2) is 3.56. The SMILES string of the molecule is O=c1[nH]ccn1C1CC(O)[C@@H](CO)O1. The van der Waals surface area contributed by atoms with Crippen LogP contribution in [0.1, 0.15) is 12.6 Å². The van der Waals surface area contributed by atoms with Gasteiger partial charge in [0.2, 0.25) is 0 Å². The Morgan fingerprint density at radius 1 is 1.71 bits per heavy atom. The van der Waals surface area contributed by atoms with Gasteiger partial charge in [0.15, 0.2) is 0 Å². The van der Waals surface area contributed by atoms with Crippen LogP contribution in [0.15, 0.2) is 17.2 Å². The van der Waals surface area contributed by atoms with Gasteiger partial charge < -0.3 is 19.9 Å². The third-order valence-corrected chi connectivity index (χ3v) is 2.37. The van der Waals surface area contributed by atoms with Gasteiger partial charge in [0.25, 0.3) is 0 Å². The molecule has 0 spiro atoms. The lowest BCUT2D eigenvalue weighted by Gasteiger charge is -2.11. The van der Waals surface area contributed by atoms with Crippen molar-refractivity contribution in [1.82, 2.24) is 9.55 Å². The number of ether oxygens (including phenoxy) is 1. The van der Waals surface area contributed by atoms with Crippen LogP contribution >= 0.6 is 0 Å². The fraction of sp³-hybridized carbons (Fsp3) is 0.625. The second-order valence-electron chi connectivity index (χ2n) is 3.29. The Morgan fingerprint density at radius 2 is 2.50 bits per heavy atom. The highest BCUT2D eigenvalue weighted by Gasteiger charge is 2.34. The molecule has 0 aromatic carbocycles. The highest BCUT2D eigenvalue weighted by Crippen LogP contribution is 2.26. The average Bonchev–Trinajstić information content (AvgIpc) is 2.71. The minimum absolute atomic E-state index is 0.239. The lowest BCUT2D eigenvalue weighted by molar-refractivity contribution is -0.0453. The third kappa shape index (κ3) is 1.47. The predicted octanol–water partition coefficient (Wildman–Crippen LogP) is -1.18. The van der Waals surface area contributed by atoms with E-state index in [9.17, 15) is 9.90 Å². The number of hydrogen-bond donors (Lipinski definition) is 3. The molecule has 0 amide bonds. The lowest BCUT2D eigenvalue weighted by atomic mass is 10.2. The van der Waals surface area contributed by atoms with E-state index in [-0.39, 0.29) is 12.3 Å². The van der Waals surface area contributed by atoms with Gasteiger partial charge in [0.05, 0.1) is 12.7 Å². The van der Waals surface area contributed by atoms with E-state index in [4.69, 9.17) is 9.84 Å². The van der Waals surface area contributed by atoms with E-state index in [1.54, 1.807) is 6.20 Å². The Labute approximate surface area is 79.8 Å². The minimum atomic E-state index is -0.716. The summed E-state index contributed by atoms with van der Waals surface area (Å²) in [5, 5.41) is 18.3. The summed E-state index contributed by atoms with van der Waals surface area (Å²) in [6, 6.07) is 0. The summed E-state index contributed by atoms with van der Waals surface area (Å²) >= 11 is 0. The van der Waals surface area contributed by atoms with E-state index < -0.39 is 18.4 Å². The van der Waals surface area contributed by atoms with E-state index in [0.717, 1.165) is 0 Å². The topological polar surface area (TPSA) is 87.5 Å². The molecular weight excluding hydrogens is 188 g/mol. The molecule has 1 aliphatic rings. The first kappa shape index (κ1) is 9.45. The van der Waals surface area contributed by atoms with Crippen LogP contribution in [0.4, 0.5) is 0 Å². The van der Waals surface area contributed by atoms with E-state index >= 15 is 0 Å². The van der Waals surface area contributed by atoms with Gasteiger partial charge in [0.1, 0.15) is 12.3 Å². The molecular formula is C8H12N2O4. The van der Waals surface area contributed by atoms with Gasteiger partial charge in [-0.05, 0) is 0 Å². The van der Waals surface area contributed by atoms with Crippen LogP contribution in [0.5, 0.6) is 0 Å². The van der Waals surface area contributed by atoms with Crippen LogP contribution in [-0.2, 0) is 4.74 Å². The van der Waals surface area contributed by atoms with Crippen LogP contribution < -0.4 is 5.69 Å². The molecule has 1 aliphatic heterocycles. The number of hydrogen-bond acceptors (Lipinski definition) is 4. The maximum Gasteiger partial charge on any atom is 0.327 e. The predicted molar refractivity (Wildman–Crippen MR) is 46.7 cm³/mol. The lowest BCUT2D eigenvalue weighted by Crippen LogP contribution is -2.25. The summed E-state index contributed by atoms with van der Waals surface area (Å²) in [6.07, 6.45) is 1.58. The van der Waals surface area contributed by atoms with Gasteiger partial charge in [-0.2, -0.15) is 0 Å². The zero-order valence-electron chi connectivity index (χ0n) is 7.46. The average molecular weight is 200 g/mol. The van der Waals surface area contributed by atoms with Gasteiger partial charge in [-0.15, -0.1) is 0 Å². The zero-order valence-corrected chi connectivity index (χ0v) is 7.46. The molecule has 6 nitrogen and oxygen atoms in total. The van der Waals surface area contributed by atoms with E-state index in [0.29, 0.717) is 6.42 Å². The van der Waals surface area contributed by atoms with Gasteiger partial charge in [-0.3, -0.25) is 4.57 Å². The monoisotopic (exact) mass is 200 g/mol. The van der Waals surface area contributed by atoms with Crippen molar-refractivity contribution in [3.05, 3.63) is 22.9 Å². The molecule has 14 heavy (non-hydrogen) atoms. The molecule has 3 atom stereocenters. The molecule has 0 bridgehead atoms. The first-order valence-electron chi connectivity index (χ1n) is 4.42. The molecule has 78 valence electrons. The Bertz CT molecular complexity index is 358. The van der Waals surface area contributed by atoms with Gasteiger partial charge in [-0.25, -0.2) is 4.79 Å². The summed E-state index contributed by atoms with van der Waals surface area (Å²) in [7, 11) is 0. The first-order valence-corrected chi connectivity index (χ1v) is 4.42. The number of aliphatic hydroxyl groups excluding tert-OH is 2. The van der Waals surface area contributed by atoms with E-state index in [2.05, 4.69) is 4.98 Å². The van der Waals surface area contributed by atoms with Gasteiger partial charge in [-0.1, -0.05) is 0 Å². The molecule has 1 aromatic rings. The highest BCUT2D eigenvalue weighted by molar-refractivity contribution is 4.85. The Morgan fingerprint density at radius 3 is 3.00 bits per heavy atom. The molecule has 2 rings (SSSR count). The van der Waals surface area contributed by atoms with Crippen molar-refractivity contribution in [2.24, 2.45) is 0 Å². The normalized spacial score (nSPS) is 32.3. The van der Waals surface area contributed by atoms with Crippen LogP contribution in [0.2, 0.25) is 0 Å². The van der Waals surface area contributed by atoms with Crippen molar-refractivity contribution in [2.45, 2.75) is 24.9 Å². The molecule has 1 fully saturated rings. The van der Waals surface area contributed by atoms with Crippen LogP contribution in [-0.4, -0.2) is 38.6 Å². The quantitative estimate of drug-likeness (QED) is 0.560. The van der Waals surface area contributed by atoms with Gasteiger partial charge >= 0.3 is 5.69 Å². The maximum atomic E-state index is 11.2. The Balaban J connectivity index is 2.16. The van der Waals surface area contributed by atoms with Crippen molar-refractivity contribution in [3.8, 4) is 0 Å². The van der Waals surface area contributed by atoms with Crippen LogP contribution in [0, 0.1) is 0 Å². The number of aromatic amines is 1. The molecule has 0 aliphatic carbocycles. The smallest absolute Gasteiger partial charge is 0.327 e. The van der Waals surface area contributed by atoms with Crippen LogP contribution in [0.25, 0.3) is 0 Å². The number of H-pyrrole nitrogens is 1. The largest absolute Gasteiger partial charge is 0.394 e. The minimum Gasteiger partial charge on any atom is -0.394 e. The van der Waals surface area contributed by atoms with Crippen molar-refractivity contribution >= 4 is 0 Å². The number of rotatable bonds is 2. The third-order valence-electron chi connectivity index (χ3n) is 2.37. The Hall–Kier alpha value is -1.11. The van der Waals surface area contributed by atoms with Crippen LogP contribution in [0.3, 0.4) is 0 Å². The summed E-state index contributed by atoms with van der Waals surface area (Å²) in [5.41, 5.74) is -0.277. The molecule has 6 heteroatoms. The van der Waals surface area contributed by atoms with E-state index in [1.807, 2.05) is 0 Å². The van der Waals surface area contributed by atoms with Crippen molar-refractivity contribution in [3.63, 3.8) is 0 Å². The van der Waals surface area contributed by atoms with Gasteiger partial charge in [0, 0.05) is 18.8 Å². The second-order valence-corrected chi connectivity index (χ2v) is 3.29. The number of imidazole rings is 1. The maximum absolute atomic E-state index is 11.2. The molecule has 1 aromatic heterocycles. The molecule has 2 unspecified atom stereocenters. The fourth-order valence-electron chi connectivity index (χ4n) is 1.61. The van der Waals surface area contributed by atoms with E-state index in [1.165, 1.54) is 10.8 Å². The highest BCUT2D eigenvalue weighted by atomic mass is 16.5. The summed E-state index contributed by atoms with van der Waals surface area (Å²) in [5.74, 6) is 0. The molecule has 1 saturated heterocycles. The zero-order chi connectivity index (χ0) is 10.1. The molecule has 0 saturated carbocycles. The standard InChI is InChI=1S/C8H12N2O4/c11-4-6-5(12)3-7(14-6)10-2-1-9-8(10)13/h1-2,5-7,11-12H,3-4H2,(H,9,13)/t5?,6-,7?/m1/s1. The fourth-order valence-corrected chi connectivity index (χ4v) is 1.61. The summed E-state index contributed by atoms with van der Waals surface area (Å²) in [6.45, 7) is -0.239. The summed E-state index contributed by atoms with van der Waals surface area (Å²) < 4.78 is 6.65.